The van der Waals surface area contributed by atoms with E-state index in [1.54, 1.807) is 4.68 Å². The summed E-state index contributed by atoms with van der Waals surface area (Å²) in [6, 6.07) is 8.36. The minimum absolute atomic E-state index is 0.979. The van der Waals surface area contributed by atoms with Crippen molar-refractivity contribution >= 4 is 21.6 Å². The molecule has 16 heavy (non-hydrogen) atoms. The molecule has 0 aliphatic carbocycles. The molecule has 0 saturated carbocycles. The molecule has 0 spiro atoms. The molecule has 0 fully saturated rings. The third-order valence-corrected chi connectivity index (χ3v) is 3.02. The molecule has 0 aliphatic heterocycles. The first-order valence-corrected chi connectivity index (χ1v) is 5.84. The molecule has 2 aromatic rings. The third-order valence-electron chi connectivity index (χ3n) is 2.44. The zero-order valence-electron chi connectivity index (χ0n) is 9.61. The van der Waals surface area contributed by atoms with Crippen LogP contribution in [0, 0.1) is 0 Å². The van der Waals surface area contributed by atoms with Crippen molar-refractivity contribution in [2.75, 3.05) is 19.0 Å². The highest BCUT2D eigenvalue weighted by atomic mass is 79.9. The number of nitrogens with zero attached hydrogens (tertiary/aromatic N) is 3. The summed E-state index contributed by atoms with van der Waals surface area (Å²) in [6.07, 6.45) is 1.95. The van der Waals surface area contributed by atoms with Crippen molar-refractivity contribution < 1.29 is 0 Å². The summed E-state index contributed by atoms with van der Waals surface area (Å²) >= 11 is 3.51. The highest BCUT2D eigenvalue weighted by Gasteiger charge is 2.07. The largest absolute Gasteiger partial charge is 0.378 e. The molecule has 0 unspecified atom stereocenters. The normalized spacial score (nSPS) is 10.5. The molecule has 1 heterocycles. The predicted octanol–water partition coefficient (Wildman–Crippen LogP) is 2.92. The van der Waals surface area contributed by atoms with Gasteiger partial charge in [0.25, 0.3) is 0 Å². The lowest BCUT2D eigenvalue weighted by Crippen LogP contribution is -2.07. The van der Waals surface area contributed by atoms with Gasteiger partial charge in [0, 0.05) is 38.6 Å². The predicted molar refractivity (Wildman–Crippen MR) is 70.7 cm³/mol. The molecule has 0 amide bonds. The highest BCUT2D eigenvalue weighted by Crippen LogP contribution is 2.27. The zero-order chi connectivity index (χ0) is 11.7. The number of aryl methyl sites for hydroxylation is 1. The van der Waals surface area contributed by atoms with Crippen LogP contribution >= 0.6 is 15.9 Å². The second-order valence-corrected chi connectivity index (χ2v) is 4.79. The number of aromatic nitrogens is 2. The van der Waals surface area contributed by atoms with Gasteiger partial charge in [0.05, 0.1) is 4.47 Å². The highest BCUT2D eigenvalue weighted by molar-refractivity contribution is 9.10. The Morgan fingerprint density at radius 2 is 1.81 bits per heavy atom. The van der Waals surface area contributed by atoms with Gasteiger partial charge in [0.15, 0.2) is 0 Å². The van der Waals surface area contributed by atoms with E-state index < -0.39 is 0 Å². The molecule has 4 heteroatoms. The molecule has 1 aromatic heterocycles. The van der Waals surface area contributed by atoms with Gasteiger partial charge in [-0.2, -0.15) is 5.10 Å². The minimum atomic E-state index is 0.979. The van der Waals surface area contributed by atoms with Gasteiger partial charge >= 0.3 is 0 Å². The van der Waals surface area contributed by atoms with E-state index in [9.17, 15) is 0 Å². The molecule has 0 radical (unpaired) electrons. The van der Waals surface area contributed by atoms with E-state index >= 15 is 0 Å². The monoisotopic (exact) mass is 279 g/mol. The topological polar surface area (TPSA) is 21.1 Å². The summed E-state index contributed by atoms with van der Waals surface area (Å²) in [6.45, 7) is 0. The van der Waals surface area contributed by atoms with Gasteiger partial charge in [0.2, 0.25) is 0 Å². The molecular weight excluding hydrogens is 266 g/mol. The maximum Gasteiger partial charge on any atom is 0.106 e. The Labute approximate surface area is 104 Å². The van der Waals surface area contributed by atoms with Crippen LogP contribution in [0.3, 0.4) is 0 Å². The van der Waals surface area contributed by atoms with Crippen molar-refractivity contribution in [3.05, 3.63) is 34.9 Å². The fourth-order valence-electron chi connectivity index (χ4n) is 1.57. The van der Waals surface area contributed by atoms with E-state index in [0.717, 1.165) is 15.7 Å². The van der Waals surface area contributed by atoms with Crippen molar-refractivity contribution in [1.82, 2.24) is 9.78 Å². The summed E-state index contributed by atoms with van der Waals surface area (Å²) in [7, 11) is 5.99. The summed E-state index contributed by atoms with van der Waals surface area (Å²) in [5, 5.41) is 4.41. The Balaban J connectivity index is 2.38. The second kappa shape index (κ2) is 4.29. The quantitative estimate of drug-likeness (QED) is 0.843. The van der Waals surface area contributed by atoms with E-state index in [4.69, 9.17) is 0 Å². The van der Waals surface area contributed by atoms with Gasteiger partial charge < -0.3 is 4.90 Å². The molecule has 84 valence electrons. The van der Waals surface area contributed by atoms with Crippen molar-refractivity contribution in [1.29, 1.82) is 0 Å². The van der Waals surface area contributed by atoms with E-state index in [0.29, 0.717) is 0 Å². The Hall–Kier alpha value is -1.29. The Morgan fingerprint density at radius 3 is 2.25 bits per heavy atom. The fourth-order valence-corrected chi connectivity index (χ4v) is 2.18. The van der Waals surface area contributed by atoms with Crippen LogP contribution in [0.1, 0.15) is 0 Å². The number of benzene rings is 1. The van der Waals surface area contributed by atoms with E-state index in [1.165, 1.54) is 5.69 Å². The van der Waals surface area contributed by atoms with E-state index in [2.05, 4.69) is 50.2 Å². The second-order valence-electron chi connectivity index (χ2n) is 3.94. The lowest BCUT2D eigenvalue weighted by Gasteiger charge is -2.12. The number of anilines is 1. The molecule has 1 aromatic carbocycles. The lowest BCUT2D eigenvalue weighted by atomic mass is 10.1. The average molecular weight is 280 g/mol. The van der Waals surface area contributed by atoms with Crippen LogP contribution < -0.4 is 4.90 Å². The number of hydrogen-bond acceptors (Lipinski definition) is 2. The molecule has 0 saturated heterocycles. The zero-order valence-corrected chi connectivity index (χ0v) is 11.2. The summed E-state index contributed by atoms with van der Waals surface area (Å²) in [5.74, 6) is 0. The van der Waals surface area contributed by atoms with Crippen LogP contribution in [0.5, 0.6) is 0 Å². The van der Waals surface area contributed by atoms with Crippen LogP contribution in [0.25, 0.3) is 11.3 Å². The Morgan fingerprint density at radius 1 is 1.19 bits per heavy atom. The average Bonchev–Trinajstić information content (AvgIpc) is 2.58. The van der Waals surface area contributed by atoms with Crippen molar-refractivity contribution in [3.63, 3.8) is 0 Å². The Kier molecular flexibility index (Phi) is 3.01. The SMILES string of the molecule is CN(C)c1ccc(-c2nn(C)cc2Br)cc1. The molecule has 0 N–H and O–H groups in total. The first-order valence-electron chi connectivity index (χ1n) is 5.05. The van der Waals surface area contributed by atoms with Gasteiger partial charge in [-0.15, -0.1) is 0 Å². The van der Waals surface area contributed by atoms with Gasteiger partial charge in [-0.05, 0) is 28.1 Å². The van der Waals surface area contributed by atoms with Crippen molar-refractivity contribution in [2.24, 2.45) is 7.05 Å². The maximum atomic E-state index is 4.41. The van der Waals surface area contributed by atoms with Crippen LogP contribution in [0.2, 0.25) is 0 Å². The van der Waals surface area contributed by atoms with Gasteiger partial charge in [-0.3, -0.25) is 4.68 Å². The number of halogens is 1. The van der Waals surface area contributed by atoms with Crippen LogP contribution in [-0.4, -0.2) is 23.9 Å². The van der Waals surface area contributed by atoms with Crippen LogP contribution in [-0.2, 0) is 7.05 Å². The molecule has 0 atom stereocenters. The number of rotatable bonds is 2. The smallest absolute Gasteiger partial charge is 0.106 e. The van der Waals surface area contributed by atoms with Gasteiger partial charge in [-0.25, -0.2) is 0 Å². The lowest BCUT2D eigenvalue weighted by molar-refractivity contribution is 0.770. The maximum absolute atomic E-state index is 4.41. The molecule has 0 aliphatic rings. The van der Waals surface area contributed by atoms with Crippen molar-refractivity contribution in [3.8, 4) is 11.3 Å². The molecule has 0 bridgehead atoms. The van der Waals surface area contributed by atoms with Gasteiger partial charge in [0.1, 0.15) is 5.69 Å². The third kappa shape index (κ3) is 2.11. The standard InChI is InChI=1S/C12H14BrN3/c1-15(2)10-6-4-9(5-7-10)12-11(13)8-16(3)14-12/h4-8H,1-3H3. The fraction of sp³-hybridized carbons (Fsp3) is 0.250. The summed E-state index contributed by atoms with van der Waals surface area (Å²) < 4.78 is 2.83. The summed E-state index contributed by atoms with van der Waals surface area (Å²) in [4.78, 5) is 2.08. The number of hydrogen-bond donors (Lipinski definition) is 0. The van der Waals surface area contributed by atoms with E-state index in [1.807, 2.05) is 27.3 Å². The first kappa shape index (κ1) is 11.2. The summed E-state index contributed by atoms with van der Waals surface area (Å²) in [5.41, 5.74) is 3.29. The van der Waals surface area contributed by atoms with Crippen molar-refractivity contribution in [2.45, 2.75) is 0 Å². The molecular formula is C12H14BrN3. The molecule has 2 rings (SSSR count). The minimum Gasteiger partial charge on any atom is -0.378 e. The first-order chi connectivity index (χ1) is 7.58. The van der Waals surface area contributed by atoms with Crippen LogP contribution in [0.4, 0.5) is 5.69 Å². The van der Waals surface area contributed by atoms with E-state index in [-0.39, 0.29) is 0 Å². The van der Waals surface area contributed by atoms with Crippen LogP contribution in [0.15, 0.2) is 34.9 Å². The Bertz CT molecular complexity index is 485. The molecule has 3 nitrogen and oxygen atoms in total. The van der Waals surface area contributed by atoms with Gasteiger partial charge in [-0.1, -0.05) is 12.1 Å².